The first kappa shape index (κ1) is 15.4. The smallest absolute Gasteiger partial charge is 0.326 e. The molecule has 6 nitrogen and oxygen atoms in total. The van der Waals surface area contributed by atoms with Gasteiger partial charge in [0.2, 0.25) is 0 Å². The molecule has 2 amide bonds. The molecule has 0 aromatic rings. The van der Waals surface area contributed by atoms with E-state index in [1.54, 1.807) is 7.05 Å². The Balaban J connectivity index is 4.11. The summed E-state index contributed by atoms with van der Waals surface area (Å²) in [4.78, 5) is 23.9. The number of carboxylic acid groups (broad SMARTS) is 1. The molecule has 0 aliphatic heterocycles. The average molecular weight is 243 g/mol. The van der Waals surface area contributed by atoms with Gasteiger partial charge in [-0.2, -0.15) is 0 Å². The van der Waals surface area contributed by atoms with E-state index in [1.807, 2.05) is 7.05 Å². The van der Waals surface area contributed by atoms with Gasteiger partial charge in [-0.15, -0.1) is 6.58 Å². The second-order valence-electron chi connectivity index (χ2n) is 3.74. The molecule has 3 N–H and O–H groups in total. The van der Waals surface area contributed by atoms with Crippen molar-refractivity contribution in [2.45, 2.75) is 18.9 Å². The Morgan fingerprint density at radius 2 is 2.18 bits per heavy atom. The van der Waals surface area contributed by atoms with Crippen molar-refractivity contribution in [1.82, 2.24) is 15.5 Å². The van der Waals surface area contributed by atoms with Gasteiger partial charge in [0.25, 0.3) is 0 Å². The summed E-state index contributed by atoms with van der Waals surface area (Å²) < 4.78 is 0. The third-order valence-electron chi connectivity index (χ3n) is 2.27. The zero-order chi connectivity index (χ0) is 13.3. The number of amides is 2. The van der Waals surface area contributed by atoms with E-state index in [4.69, 9.17) is 5.11 Å². The number of carbonyl (C=O) groups excluding carboxylic acids is 1. The molecule has 0 rings (SSSR count). The summed E-state index contributed by atoms with van der Waals surface area (Å²) in [5, 5.41) is 14.3. The minimum absolute atomic E-state index is 0.214. The van der Waals surface area contributed by atoms with E-state index in [0.717, 1.165) is 13.0 Å². The third kappa shape index (κ3) is 6.57. The molecule has 0 radical (unpaired) electrons. The van der Waals surface area contributed by atoms with Gasteiger partial charge in [0.05, 0.1) is 0 Å². The standard InChI is InChI=1S/C11H21N3O3/c1-4-6-9(10(15)16)13-11(17)14(3)8-5-7-12-2/h4,9,12H,1,5-8H2,2-3H3,(H,13,17)(H,15,16). The van der Waals surface area contributed by atoms with Crippen LogP contribution in [0.5, 0.6) is 0 Å². The summed E-state index contributed by atoms with van der Waals surface area (Å²) in [6, 6.07) is -1.29. The summed E-state index contributed by atoms with van der Waals surface area (Å²) in [5.41, 5.74) is 0. The highest BCUT2D eigenvalue weighted by atomic mass is 16.4. The van der Waals surface area contributed by atoms with Gasteiger partial charge < -0.3 is 20.6 Å². The second-order valence-corrected chi connectivity index (χ2v) is 3.74. The highest BCUT2D eigenvalue weighted by molar-refractivity contribution is 5.82. The normalized spacial score (nSPS) is 11.6. The van der Waals surface area contributed by atoms with Crippen LogP contribution in [0.25, 0.3) is 0 Å². The Labute approximate surface area is 102 Å². The minimum atomic E-state index is -1.05. The van der Waals surface area contributed by atoms with Gasteiger partial charge in [0.1, 0.15) is 6.04 Å². The van der Waals surface area contributed by atoms with Gasteiger partial charge in [0.15, 0.2) is 0 Å². The fourth-order valence-corrected chi connectivity index (χ4v) is 1.24. The lowest BCUT2D eigenvalue weighted by Crippen LogP contribution is -2.46. The number of carboxylic acids is 1. The van der Waals surface area contributed by atoms with Crippen molar-refractivity contribution in [3.63, 3.8) is 0 Å². The first-order valence-corrected chi connectivity index (χ1v) is 5.52. The lowest BCUT2D eigenvalue weighted by molar-refractivity contribution is -0.139. The largest absolute Gasteiger partial charge is 0.480 e. The molecule has 0 aromatic heterocycles. The third-order valence-corrected chi connectivity index (χ3v) is 2.27. The number of hydrogen-bond acceptors (Lipinski definition) is 3. The molecule has 98 valence electrons. The zero-order valence-electron chi connectivity index (χ0n) is 10.4. The van der Waals surface area contributed by atoms with Crippen LogP contribution in [0.1, 0.15) is 12.8 Å². The van der Waals surface area contributed by atoms with E-state index in [0.29, 0.717) is 6.54 Å². The maximum absolute atomic E-state index is 11.6. The first-order chi connectivity index (χ1) is 8.02. The number of carbonyl (C=O) groups is 2. The van der Waals surface area contributed by atoms with Gasteiger partial charge in [-0.25, -0.2) is 9.59 Å². The average Bonchev–Trinajstić information content (AvgIpc) is 2.28. The van der Waals surface area contributed by atoms with Crippen molar-refractivity contribution in [2.75, 3.05) is 27.2 Å². The molecule has 0 spiro atoms. The molecule has 0 aromatic carbocycles. The Kier molecular flexibility index (Phi) is 7.79. The number of nitrogens with zero attached hydrogens (tertiary/aromatic N) is 1. The maximum Gasteiger partial charge on any atom is 0.326 e. The predicted molar refractivity (Wildman–Crippen MR) is 65.9 cm³/mol. The molecular formula is C11H21N3O3. The van der Waals surface area contributed by atoms with Gasteiger partial charge in [-0.3, -0.25) is 0 Å². The van der Waals surface area contributed by atoms with E-state index in [1.165, 1.54) is 11.0 Å². The molecule has 0 fully saturated rings. The molecule has 0 aliphatic rings. The Hall–Kier alpha value is -1.56. The van der Waals surface area contributed by atoms with E-state index in [2.05, 4.69) is 17.2 Å². The summed E-state index contributed by atoms with van der Waals surface area (Å²) in [5.74, 6) is -1.05. The molecule has 0 heterocycles. The second kappa shape index (κ2) is 8.58. The monoisotopic (exact) mass is 243 g/mol. The van der Waals surface area contributed by atoms with Crippen LogP contribution in [0.15, 0.2) is 12.7 Å². The number of nitrogens with one attached hydrogen (secondary N) is 2. The van der Waals surface area contributed by atoms with Crippen LogP contribution >= 0.6 is 0 Å². The molecule has 1 unspecified atom stereocenters. The zero-order valence-corrected chi connectivity index (χ0v) is 10.4. The number of urea groups is 1. The Morgan fingerprint density at radius 3 is 2.65 bits per heavy atom. The van der Waals surface area contributed by atoms with Crippen LogP contribution in [0.2, 0.25) is 0 Å². The first-order valence-electron chi connectivity index (χ1n) is 5.52. The molecule has 0 saturated carbocycles. The van der Waals surface area contributed by atoms with Crippen molar-refractivity contribution >= 4 is 12.0 Å². The summed E-state index contributed by atoms with van der Waals surface area (Å²) in [7, 11) is 3.47. The van der Waals surface area contributed by atoms with Crippen molar-refractivity contribution in [3.05, 3.63) is 12.7 Å². The van der Waals surface area contributed by atoms with E-state index >= 15 is 0 Å². The van der Waals surface area contributed by atoms with Crippen LogP contribution < -0.4 is 10.6 Å². The van der Waals surface area contributed by atoms with Crippen LogP contribution in [0, 0.1) is 0 Å². The van der Waals surface area contributed by atoms with E-state index < -0.39 is 12.0 Å². The van der Waals surface area contributed by atoms with Gasteiger partial charge in [-0.05, 0) is 26.4 Å². The van der Waals surface area contributed by atoms with E-state index in [9.17, 15) is 9.59 Å². The molecule has 6 heteroatoms. The molecule has 0 saturated heterocycles. The highest BCUT2D eigenvalue weighted by Crippen LogP contribution is 1.96. The Bertz CT molecular complexity index is 269. The fraction of sp³-hybridized carbons (Fsp3) is 0.636. The van der Waals surface area contributed by atoms with Gasteiger partial charge in [-0.1, -0.05) is 6.08 Å². The highest BCUT2D eigenvalue weighted by Gasteiger charge is 2.19. The molecular weight excluding hydrogens is 222 g/mol. The summed E-state index contributed by atoms with van der Waals surface area (Å²) in [6.07, 6.45) is 2.51. The quantitative estimate of drug-likeness (QED) is 0.422. The van der Waals surface area contributed by atoms with Crippen molar-refractivity contribution in [1.29, 1.82) is 0 Å². The molecule has 0 bridgehead atoms. The van der Waals surface area contributed by atoms with Crippen LogP contribution in [0.3, 0.4) is 0 Å². The minimum Gasteiger partial charge on any atom is -0.480 e. The van der Waals surface area contributed by atoms with Crippen LogP contribution in [-0.4, -0.2) is 55.2 Å². The summed E-state index contributed by atoms with van der Waals surface area (Å²) in [6.45, 7) is 4.85. The predicted octanol–water partition coefficient (Wildman–Crippen LogP) is 0.267. The Morgan fingerprint density at radius 1 is 1.53 bits per heavy atom. The maximum atomic E-state index is 11.6. The topological polar surface area (TPSA) is 81.7 Å². The van der Waals surface area contributed by atoms with Gasteiger partial charge >= 0.3 is 12.0 Å². The number of hydrogen-bond donors (Lipinski definition) is 3. The fourth-order valence-electron chi connectivity index (χ4n) is 1.24. The van der Waals surface area contributed by atoms with Crippen LogP contribution in [-0.2, 0) is 4.79 Å². The lowest BCUT2D eigenvalue weighted by Gasteiger charge is -2.20. The SMILES string of the molecule is C=CCC(NC(=O)N(C)CCCNC)C(=O)O. The van der Waals surface area contributed by atoms with Crippen LogP contribution in [0.4, 0.5) is 4.79 Å². The van der Waals surface area contributed by atoms with Gasteiger partial charge in [0, 0.05) is 13.6 Å². The van der Waals surface area contributed by atoms with Crippen molar-refractivity contribution in [2.24, 2.45) is 0 Å². The molecule has 0 aliphatic carbocycles. The van der Waals surface area contributed by atoms with Crippen molar-refractivity contribution in [3.8, 4) is 0 Å². The summed E-state index contributed by atoms with van der Waals surface area (Å²) >= 11 is 0. The number of aliphatic carboxylic acids is 1. The van der Waals surface area contributed by atoms with Crippen molar-refractivity contribution < 1.29 is 14.7 Å². The number of rotatable bonds is 8. The lowest BCUT2D eigenvalue weighted by atomic mass is 10.2. The van der Waals surface area contributed by atoms with E-state index in [-0.39, 0.29) is 12.5 Å². The molecule has 1 atom stereocenters. The molecule has 17 heavy (non-hydrogen) atoms.